The van der Waals surface area contributed by atoms with Crippen molar-refractivity contribution in [1.82, 2.24) is 19.7 Å². The molecule has 0 spiro atoms. The maximum atomic E-state index is 12.4. The van der Waals surface area contributed by atoms with Crippen LogP contribution in [0.5, 0.6) is 5.75 Å². The molecule has 1 amide bonds. The number of aryl methyl sites for hydroxylation is 1. The average molecular weight is 433 g/mol. The van der Waals surface area contributed by atoms with Crippen molar-refractivity contribution in [3.8, 4) is 17.1 Å². The Morgan fingerprint density at radius 3 is 2.53 bits per heavy atom. The van der Waals surface area contributed by atoms with E-state index < -0.39 is 5.97 Å². The number of nitrogens with one attached hydrogen (secondary N) is 1. The van der Waals surface area contributed by atoms with E-state index in [1.807, 2.05) is 12.1 Å². The first-order valence-corrected chi connectivity index (χ1v) is 9.72. The number of aromatic carboxylic acids is 1. The molecule has 10 heteroatoms. The van der Waals surface area contributed by atoms with Gasteiger partial charge in [0, 0.05) is 49.7 Å². The Balaban J connectivity index is 1.38. The topological polar surface area (TPSA) is 143 Å². The van der Waals surface area contributed by atoms with Crippen molar-refractivity contribution in [3.05, 3.63) is 78.2 Å². The summed E-state index contributed by atoms with van der Waals surface area (Å²) < 4.78 is 6.87. The maximum Gasteiger partial charge on any atom is 0.339 e. The fourth-order valence-electron chi connectivity index (χ4n) is 3.09. The Bertz CT molecular complexity index is 1230. The number of benzene rings is 1. The van der Waals surface area contributed by atoms with Crippen molar-refractivity contribution in [3.63, 3.8) is 0 Å². The third-order valence-electron chi connectivity index (χ3n) is 4.66. The van der Waals surface area contributed by atoms with E-state index in [2.05, 4.69) is 20.4 Å². The molecular weight excluding hydrogens is 414 g/mol. The second-order valence-electron chi connectivity index (χ2n) is 7.03. The molecule has 0 atom stereocenters. The van der Waals surface area contributed by atoms with Gasteiger partial charge in [-0.3, -0.25) is 9.78 Å². The van der Waals surface area contributed by atoms with E-state index >= 15 is 0 Å². The number of pyridine rings is 1. The number of aromatic hydroxyl groups is 1. The van der Waals surface area contributed by atoms with Crippen LogP contribution in [0.25, 0.3) is 11.4 Å². The van der Waals surface area contributed by atoms with Gasteiger partial charge in [-0.25, -0.2) is 4.79 Å². The summed E-state index contributed by atoms with van der Waals surface area (Å²) in [7, 11) is 0. The molecule has 0 saturated carbocycles. The second-order valence-corrected chi connectivity index (χ2v) is 7.03. The number of phenolic OH excluding ortho intramolecular Hbond substituents is 1. The van der Waals surface area contributed by atoms with Gasteiger partial charge in [-0.2, -0.15) is 4.98 Å². The first-order chi connectivity index (χ1) is 15.5. The zero-order valence-corrected chi connectivity index (χ0v) is 16.8. The molecule has 0 saturated heterocycles. The fourth-order valence-corrected chi connectivity index (χ4v) is 3.09. The number of carbonyl (C=O) groups is 2. The Hall–Kier alpha value is -4.47. The van der Waals surface area contributed by atoms with Gasteiger partial charge in [0.1, 0.15) is 11.3 Å². The molecule has 10 nitrogen and oxygen atoms in total. The van der Waals surface area contributed by atoms with E-state index in [0.717, 1.165) is 5.56 Å². The largest absolute Gasteiger partial charge is 0.508 e. The molecule has 0 fully saturated rings. The molecule has 32 heavy (non-hydrogen) atoms. The lowest BCUT2D eigenvalue weighted by atomic mass is 10.2. The molecule has 3 heterocycles. The number of nitrogens with zero attached hydrogens (tertiary/aromatic N) is 4. The molecule has 0 radical (unpaired) electrons. The van der Waals surface area contributed by atoms with E-state index in [0.29, 0.717) is 17.9 Å². The molecule has 1 aromatic carbocycles. The van der Waals surface area contributed by atoms with Crippen molar-refractivity contribution in [2.75, 3.05) is 5.32 Å². The SMILES string of the molecule is O=C(CCc1nc(-c2ccc(O)cc2)no1)Nc1cn(Cc2ccncc2)cc1C(=O)O. The maximum absolute atomic E-state index is 12.4. The van der Waals surface area contributed by atoms with Gasteiger partial charge in [-0.05, 0) is 42.0 Å². The number of amides is 1. The summed E-state index contributed by atoms with van der Waals surface area (Å²) in [6.45, 7) is 0.445. The molecule has 4 rings (SSSR count). The van der Waals surface area contributed by atoms with Crippen LogP contribution in [-0.4, -0.2) is 41.8 Å². The van der Waals surface area contributed by atoms with Crippen LogP contribution < -0.4 is 5.32 Å². The molecule has 0 unspecified atom stereocenters. The lowest BCUT2D eigenvalue weighted by molar-refractivity contribution is -0.116. The van der Waals surface area contributed by atoms with Crippen molar-refractivity contribution in [2.24, 2.45) is 0 Å². The second kappa shape index (κ2) is 9.13. The fraction of sp³-hybridized carbons (Fsp3) is 0.136. The van der Waals surface area contributed by atoms with Gasteiger partial charge in [-0.1, -0.05) is 5.16 Å². The lowest BCUT2D eigenvalue weighted by Gasteiger charge is -2.03. The van der Waals surface area contributed by atoms with Crippen LogP contribution >= 0.6 is 0 Å². The summed E-state index contributed by atoms with van der Waals surface area (Å²) in [5, 5.41) is 25.3. The van der Waals surface area contributed by atoms with Crippen LogP contribution in [0.15, 0.2) is 65.7 Å². The quantitative estimate of drug-likeness (QED) is 0.385. The summed E-state index contributed by atoms with van der Waals surface area (Å²) >= 11 is 0. The minimum Gasteiger partial charge on any atom is -0.508 e. The van der Waals surface area contributed by atoms with Crippen LogP contribution in [0.1, 0.15) is 28.2 Å². The van der Waals surface area contributed by atoms with E-state index in [1.54, 1.807) is 35.3 Å². The first-order valence-electron chi connectivity index (χ1n) is 9.72. The smallest absolute Gasteiger partial charge is 0.339 e. The Morgan fingerprint density at radius 1 is 1.06 bits per heavy atom. The van der Waals surface area contributed by atoms with Crippen LogP contribution in [0.4, 0.5) is 5.69 Å². The van der Waals surface area contributed by atoms with E-state index in [9.17, 15) is 19.8 Å². The van der Waals surface area contributed by atoms with Crippen LogP contribution in [0, 0.1) is 0 Å². The van der Waals surface area contributed by atoms with Gasteiger partial charge in [0.05, 0.1) is 5.69 Å². The lowest BCUT2D eigenvalue weighted by Crippen LogP contribution is -2.14. The zero-order chi connectivity index (χ0) is 22.5. The van der Waals surface area contributed by atoms with Gasteiger partial charge in [-0.15, -0.1) is 0 Å². The predicted molar refractivity (Wildman–Crippen MR) is 113 cm³/mol. The summed E-state index contributed by atoms with van der Waals surface area (Å²) in [4.78, 5) is 32.2. The summed E-state index contributed by atoms with van der Waals surface area (Å²) in [5.41, 5.74) is 1.83. The number of hydrogen-bond acceptors (Lipinski definition) is 7. The standard InChI is InChI=1S/C22H19N5O5/c28-16-3-1-15(2-4-16)21-25-20(32-26-21)6-5-19(29)24-18-13-27(12-17(18)22(30)31)11-14-7-9-23-10-8-14/h1-4,7-10,12-13,28H,5-6,11H2,(H,24,29)(H,30,31). The number of carbonyl (C=O) groups excluding carboxylic acids is 1. The van der Waals surface area contributed by atoms with Gasteiger partial charge in [0.25, 0.3) is 0 Å². The predicted octanol–water partition coefficient (Wildman–Crippen LogP) is 2.96. The number of anilines is 1. The molecule has 0 aliphatic carbocycles. The molecule has 4 aromatic rings. The Morgan fingerprint density at radius 2 is 1.81 bits per heavy atom. The van der Waals surface area contributed by atoms with Crippen LogP contribution in [0.3, 0.4) is 0 Å². The summed E-state index contributed by atoms with van der Waals surface area (Å²) in [6.07, 6.45) is 6.59. The molecular formula is C22H19N5O5. The third-order valence-corrected chi connectivity index (χ3v) is 4.66. The number of phenols is 1. The highest BCUT2D eigenvalue weighted by atomic mass is 16.5. The highest BCUT2D eigenvalue weighted by Gasteiger charge is 2.17. The van der Waals surface area contributed by atoms with Crippen LogP contribution in [-0.2, 0) is 17.8 Å². The van der Waals surface area contributed by atoms with Gasteiger partial charge in [0.2, 0.25) is 17.6 Å². The monoisotopic (exact) mass is 433 g/mol. The highest BCUT2D eigenvalue weighted by Crippen LogP contribution is 2.21. The molecule has 0 aliphatic rings. The molecule has 0 bridgehead atoms. The van der Waals surface area contributed by atoms with E-state index in [-0.39, 0.29) is 41.6 Å². The molecule has 0 aliphatic heterocycles. The molecule has 3 N–H and O–H groups in total. The number of rotatable bonds is 8. The van der Waals surface area contributed by atoms with Crippen molar-refractivity contribution in [1.29, 1.82) is 0 Å². The minimum absolute atomic E-state index is 0.000173. The van der Waals surface area contributed by atoms with E-state index in [4.69, 9.17) is 4.52 Å². The average Bonchev–Trinajstić information content (AvgIpc) is 3.41. The number of carboxylic acid groups (broad SMARTS) is 1. The first kappa shape index (κ1) is 20.8. The van der Waals surface area contributed by atoms with Crippen molar-refractivity contribution >= 4 is 17.6 Å². The summed E-state index contributed by atoms with van der Waals surface area (Å²) in [5.74, 6) is -0.758. The third kappa shape index (κ3) is 4.98. The Kier molecular flexibility index (Phi) is 5.93. The summed E-state index contributed by atoms with van der Waals surface area (Å²) in [6, 6.07) is 9.99. The van der Waals surface area contributed by atoms with Crippen molar-refractivity contribution in [2.45, 2.75) is 19.4 Å². The Labute approximate surface area is 182 Å². The molecule has 162 valence electrons. The van der Waals surface area contributed by atoms with Gasteiger partial charge < -0.3 is 24.6 Å². The van der Waals surface area contributed by atoms with Gasteiger partial charge >= 0.3 is 5.97 Å². The highest BCUT2D eigenvalue weighted by molar-refractivity contribution is 6.00. The number of aromatic nitrogens is 4. The van der Waals surface area contributed by atoms with Crippen LogP contribution in [0.2, 0.25) is 0 Å². The minimum atomic E-state index is -1.13. The number of hydrogen-bond donors (Lipinski definition) is 3. The number of carboxylic acids is 1. The normalized spacial score (nSPS) is 10.8. The molecule has 3 aromatic heterocycles. The van der Waals surface area contributed by atoms with Gasteiger partial charge in [0.15, 0.2) is 0 Å². The van der Waals surface area contributed by atoms with E-state index in [1.165, 1.54) is 18.3 Å². The zero-order valence-electron chi connectivity index (χ0n) is 16.8. The van der Waals surface area contributed by atoms with Crippen molar-refractivity contribution < 1.29 is 24.3 Å².